The number of halogens is 2. The molecule has 2 aromatic rings. The van der Waals surface area contributed by atoms with Crippen molar-refractivity contribution in [2.45, 2.75) is 12.8 Å². The number of hydrogen-bond donors (Lipinski definition) is 1. The molecule has 0 atom stereocenters. The quantitative estimate of drug-likeness (QED) is 0.911. The molecule has 2 N–H and O–H groups in total. The van der Waals surface area contributed by atoms with Gasteiger partial charge >= 0.3 is 0 Å². The maximum atomic E-state index is 13.5. The van der Waals surface area contributed by atoms with E-state index in [1.165, 1.54) is 29.5 Å². The molecule has 0 saturated heterocycles. The highest BCUT2D eigenvalue weighted by Crippen LogP contribution is 2.29. The van der Waals surface area contributed by atoms with Crippen LogP contribution in [0.3, 0.4) is 0 Å². The Morgan fingerprint density at radius 2 is 1.94 bits per heavy atom. The second-order valence-corrected chi connectivity index (χ2v) is 4.49. The zero-order valence-electron chi connectivity index (χ0n) is 9.12. The zero-order valence-corrected chi connectivity index (χ0v) is 9.94. The highest BCUT2D eigenvalue weighted by atomic mass is 32.1. The van der Waals surface area contributed by atoms with Gasteiger partial charge in [-0.1, -0.05) is 6.07 Å². The van der Waals surface area contributed by atoms with Gasteiger partial charge in [0.2, 0.25) is 0 Å². The topological polar surface area (TPSA) is 38.9 Å². The van der Waals surface area contributed by atoms with Crippen molar-refractivity contribution in [1.82, 2.24) is 4.98 Å². The van der Waals surface area contributed by atoms with E-state index >= 15 is 0 Å². The van der Waals surface area contributed by atoms with Gasteiger partial charge in [-0.25, -0.2) is 13.8 Å². The summed E-state index contributed by atoms with van der Waals surface area (Å²) < 4.78 is 27.0. The number of rotatable bonds is 4. The fraction of sp³-hybridized carbons (Fsp3) is 0.250. The summed E-state index contributed by atoms with van der Waals surface area (Å²) in [5.74, 6) is -1.16. The van der Waals surface area contributed by atoms with Gasteiger partial charge in [0.15, 0.2) is 0 Å². The van der Waals surface area contributed by atoms with Gasteiger partial charge in [-0.3, -0.25) is 0 Å². The van der Waals surface area contributed by atoms with Crippen molar-refractivity contribution in [3.8, 4) is 10.6 Å². The van der Waals surface area contributed by atoms with Crippen LogP contribution in [0.15, 0.2) is 23.6 Å². The van der Waals surface area contributed by atoms with Gasteiger partial charge in [0.25, 0.3) is 0 Å². The monoisotopic (exact) mass is 254 g/mol. The predicted molar refractivity (Wildman–Crippen MR) is 64.8 cm³/mol. The Hall–Kier alpha value is -1.33. The van der Waals surface area contributed by atoms with Crippen LogP contribution in [0, 0.1) is 11.6 Å². The van der Waals surface area contributed by atoms with Gasteiger partial charge in [0, 0.05) is 5.38 Å². The molecule has 0 radical (unpaired) electrons. The van der Waals surface area contributed by atoms with E-state index in [4.69, 9.17) is 5.73 Å². The molecule has 2 nitrogen and oxygen atoms in total. The minimum Gasteiger partial charge on any atom is -0.330 e. The Morgan fingerprint density at radius 3 is 2.59 bits per heavy atom. The van der Waals surface area contributed by atoms with Gasteiger partial charge in [-0.15, -0.1) is 11.3 Å². The fourth-order valence-corrected chi connectivity index (χ4v) is 2.42. The van der Waals surface area contributed by atoms with E-state index in [2.05, 4.69) is 4.98 Å². The smallest absolute Gasteiger partial charge is 0.136 e. The Balaban J connectivity index is 2.30. The summed E-state index contributed by atoms with van der Waals surface area (Å²) in [4.78, 5) is 4.22. The van der Waals surface area contributed by atoms with Crippen LogP contribution >= 0.6 is 11.3 Å². The first-order valence-corrected chi connectivity index (χ1v) is 6.19. The van der Waals surface area contributed by atoms with Crippen molar-refractivity contribution >= 4 is 11.3 Å². The third kappa shape index (κ3) is 2.68. The molecule has 1 aromatic heterocycles. The van der Waals surface area contributed by atoms with E-state index in [9.17, 15) is 8.78 Å². The number of aromatic nitrogens is 1. The molecule has 0 fully saturated rings. The lowest BCUT2D eigenvalue weighted by molar-refractivity contribution is 0.589. The molecule has 90 valence electrons. The molecule has 0 aliphatic rings. The third-order valence-corrected chi connectivity index (χ3v) is 3.27. The van der Waals surface area contributed by atoms with Crippen LogP contribution in [-0.2, 0) is 6.42 Å². The number of benzene rings is 1. The standard InChI is InChI=1S/C12H12F2N2S/c13-9-4-1-5-10(14)11(9)12-16-8(7-17-12)3-2-6-15/h1,4-5,7H,2-3,6,15H2. The van der Waals surface area contributed by atoms with Gasteiger partial charge in [0.1, 0.15) is 16.6 Å². The van der Waals surface area contributed by atoms with Gasteiger partial charge in [-0.2, -0.15) is 0 Å². The second kappa shape index (κ2) is 5.33. The van der Waals surface area contributed by atoms with Crippen LogP contribution in [-0.4, -0.2) is 11.5 Å². The first-order valence-electron chi connectivity index (χ1n) is 5.31. The number of nitrogens with two attached hydrogens (primary N) is 1. The van der Waals surface area contributed by atoms with Crippen LogP contribution < -0.4 is 5.73 Å². The Labute approximate surface area is 102 Å². The second-order valence-electron chi connectivity index (χ2n) is 3.63. The number of nitrogens with zero attached hydrogens (tertiary/aromatic N) is 1. The molecule has 0 amide bonds. The molecule has 0 unspecified atom stereocenters. The van der Waals surface area contributed by atoms with Crippen LogP contribution in [0.1, 0.15) is 12.1 Å². The van der Waals surface area contributed by atoms with E-state index < -0.39 is 11.6 Å². The molecule has 5 heteroatoms. The Morgan fingerprint density at radius 1 is 1.24 bits per heavy atom. The highest BCUT2D eigenvalue weighted by molar-refractivity contribution is 7.13. The van der Waals surface area contributed by atoms with Gasteiger partial charge < -0.3 is 5.73 Å². The highest BCUT2D eigenvalue weighted by Gasteiger charge is 2.14. The molecule has 2 rings (SSSR count). The van der Waals surface area contributed by atoms with Crippen LogP contribution in [0.2, 0.25) is 0 Å². The van der Waals surface area contributed by atoms with Gasteiger partial charge in [0.05, 0.1) is 11.3 Å². The molecule has 0 aliphatic carbocycles. The zero-order chi connectivity index (χ0) is 12.3. The maximum Gasteiger partial charge on any atom is 0.136 e. The van der Waals surface area contributed by atoms with E-state index in [1.807, 2.05) is 5.38 Å². The van der Waals surface area contributed by atoms with Crippen molar-refractivity contribution in [2.75, 3.05) is 6.54 Å². The summed E-state index contributed by atoms with van der Waals surface area (Å²) in [6.07, 6.45) is 1.56. The molecule has 0 saturated carbocycles. The van der Waals surface area contributed by atoms with Crippen molar-refractivity contribution in [2.24, 2.45) is 5.73 Å². The van der Waals surface area contributed by atoms with Gasteiger partial charge in [-0.05, 0) is 31.5 Å². The SMILES string of the molecule is NCCCc1csc(-c2c(F)cccc2F)n1. The lowest BCUT2D eigenvalue weighted by Gasteiger charge is -2.00. The molecular formula is C12H12F2N2S. The summed E-state index contributed by atoms with van der Waals surface area (Å²) in [6.45, 7) is 0.584. The molecule has 0 aliphatic heterocycles. The normalized spacial score (nSPS) is 10.8. The molecule has 1 heterocycles. The average molecular weight is 254 g/mol. The number of aryl methyl sites for hydroxylation is 1. The van der Waals surface area contributed by atoms with E-state index in [0.29, 0.717) is 11.6 Å². The number of thiazole rings is 1. The molecule has 0 bridgehead atoms. The van der Waals surface area contributed by atoms with Crippen molar-refractivity contribution < 1.29 is 8.78 Å². The lowest BCUT2D eigenvalue weighted by atomic mass is 10.2. The van der Waals surface area contributed by atoms with Crippen LogP contribution in [0.25, 0.3) is 10.6 Å². The summed E-state index contributed by atoms with van der Waals surface area (Å²) in [5.41, 5.74) is 6.18. The largest absolute Gasteiger partial charge is 0.330 e. The fourth-order valence-electron chi connectivity index (χ4n) is 1.52. The minimum atomic E-state index is -0.579. The van der Waals surface area contributed by atoms with E-state index in [-0.39, 0.29) is 5.56 Å². The summed E-state index contributed by atoms with van der Waals surface area (Å²) in [6, 6.07) is 3.82. The lowest BCUT2D eigenvalue weighted by Crippen LogP contribution is -2.00. The molecule has 0 spiro atoms. The average Bonchev–Trinajstić information content (AvgIpc) is 2.75. The first kappa shape index (κ1) is 12.1. The number of hydrogen-bond acceptors (Lipinski definition) is 3. The summed E-state index contributed by atoms with van der Waals surface area (Å²) in [7, 11) is 0. The Bertz CT molecular complexity index is 491. The third-order valence-electron chi connectivity index (χ3n) is 2.37. The van der Waals surface area contributed by atoms with E-state index in [0.717, 1.165) is 18.5 Å². The summed E-state index contributed by atoms with van der Waals surface area (Å²) in [5, 5.41) is 2.20. The van der Waals surface area contributed by atoms with Crippen molar-refractivity contribution in [3.05, 3.63) is 40.9 Å². The molecular weight excluding hydrogens is 242 g/mol. The summed E-state index contributed by atoms with van der Waals surface area (Å²) >= 11 is 1.25. The van der Waals surface area contributed by atoms with Crippen LogP contribution in [0.5, 0.6) is 0 Å². The molecule has 17 heavy (non-hydrogen) atoms. The van der Waals surface area contributed by atoms with Crippen molar-refractivity contribution in [3.63, 3.8) is 0 Å². The molecule has 1 aromatic carbocycles. The maximum absolute atomic E-state index is 13.5. The van der Waals surface area contributed by atoms with Crippen LogP contribution in [0.4, 0.5) is 8.78 Å². The predicted octanol–water partition coefficient (Wildman–Crippen LogP) is 2.98. The minimum absolute atomic E-state index is 0.0449. The van der Waals surface area contributed by atoms with E-state index in [1.54, 1.807) is 0 Å². The first-order chi connectivity index (χ1) is 8.22. The van der Waals surface area contributed by atoms with Crippen molar-refractivity contribution in [1.29, 1.82) is 0 Å². The Kier molecular flexibility index (Phi) is 3.81.